The molecule has 0 radical (unpaired) electrons. The van der Waals surface area contributed by atoms with E-state index in [0.717, 1.165) is 16.9 Å². The Bertz CT molecular complexity index is 997. The topological polar surface area (TPSA) is 87.2 Å². The molecule has 8 heteroatoms. The van der Waals surface area contributed by atoms with Crippen LogP contribution in [0, 0.1) is 5.82 Å². The quantitative estimate of drug-likeness (QED) is 0.411. The lowest BCUT2D eigenvalue weighted by Gasteiger charge is -2.26. The van der Waals surface area contributed by atoms with Gasteiger partial charge in [0.15, 0.2) is 11.8 Å². The number of aliphatic imine (C=N–C) groups is 1. The zero-order chi connectivity index (χ0) is 21.6. The molecule has 0 unspecified atom stereocenters. The van der Waals surface area contributed by atoms with Crippen molar-refractivity contribution >= 4 is 5.96 Å². The second-order valence-electron chi connectivity index (χ2n) is 7.51. The number of ether oxygens (including phenoxy) is 1. The van der Waals surface area contributed by atoms with Gasteiger partial charge in [0.25, 0.3) is 0 Å². The average molecular weight is 410 g/mol. The first-order valence-electron chi connectivity index (χ1n) is 9.67. The summed E-state index contributed by atoms with van der Waals surface area (Å²) in [7, 11) is 3.33. The average Bonchev–Trinajstić information content (AvgIpc) is 3.23. The van der Waals surface area contributed by atoms with Crippen LogP contribution in [0.3, 0.4) is 0 Å². The first-order valence-corrected chi connectivity index (χ1v) is 9.67. The number of nitrogens with zero attached hydrogens (tertiary/aromatic N) is 3. The number of H-pyrrole nitrogens is 1. The van der Waals surface area contributed by atoms with Gasteiger partial charge in [-0.15, -0.1) is 0 Å². The molecule has 0 aliphatic carbocycles. The van der Waals surface area contributed by atoms with E-state index in [-0.39, 0.29) is 11.2 Å². The molecule has 0 aliphatic rings. The molecule has 0 saturated heterocycles. The summed E-state index contributed by atoms with van der Waals surface area (Å²) in [5.74, 6) is 2.48. The second kappa shape index (κ2) is 9.39. The van der Waals surface area contributed by atoms with Gasteiger partial charge in [-0.1, -0.05) is 26.0 Å². The summed E-state index contributed by atoms with van der Waals surface area (Å²) < 4.78 is 18.7. The lowest BCUT2D eigenvalue weighted by Crippen LogP contribution is -2.43. The monoisotopic (exact) mass is 410 g/mol. The maximum Gasteiger partial charge on any atom is 0.191 e. The summed E-state index contributed by atoms with van der Waals surface area (Å²) in [6.45, 7) is 5.13. The maximum atomic E-state index is 13.6. The van der Waals surface area contributed by atoms with Crippen molar-refractivity contribution in [2.45, 2.75) is 25.8 Å². The number of hydrogen-bond acceptors (Lipinski definition) is 4. The van der Waals surface area contributed by atoms with Crippen LogP contribution in [0.1, 0.15) is 25.2 Å². The van der Waals surface area contributed by atoms with Gasteiger partial charge in [0.05, 0.1) is 13.7 Å². The lowest BCUT2D eigenvalue weighted by atomic mass is 9.84. The van der Waals surface area contributed by atoms with Crippen molar-refractivity contribution in [2.75, 3.05) is 20.7 Å². The molecule has 2 aromatic carbocycles. The van der Waals surface area contributed by atoms with Gasteiger partial charge < -0.3 is 15.4 Å². The molecule has 3 rings (SSSR count). The number of benzene rings is 2. The molecule has 1 aromatic heterocycles. The molecule has 0 amide bonds. The smallest absolute Gasteiger partial charge is 0.191 e. The highest BCUT2D eigenvalue weighted by Crippen LogP contribution is 2.23. The molecule has 1 heterocycles. The predicted molar refractivity (Wildman–Crippen MR) is 116 cm³/mol. The van der Waals surface area contributed by atoms with E-state index in [2.05, 4.69) is 44.7 Å². The molecule has 3 aromatic rings. The van der Waals surface area contributed by atoms with Crippen LogP contribution in [-0.4, -0.2) is 41.8 Å². The van der Waals surface area contributed by atoms with E-state index in [9.17, 15) is 4.39 Å². The van der Waals surface area contributed by atoms with Crippen molar-refractivity contribution in [1.29, 1.82) is 0 Å². The molecule has 0 fully saturated rings. The fraction of sp³-hybridized carbons (Fsp3) is 0.318. The Kier molecular flexibility index (Phi) is 6.66. The zero-order valence-electron chi connectivity index (χ0n) is 17.7. The third-order valence-electron chi connectivity index (χ3n) is 4.83. The van der Waals surface area contributed by atoms with Crippen molar-refractivity contribution in [2.24, 2.45) is 4.99 Å². The zero-order valence-corrected chi connectivity index (χ0v) is 17.7. The standard InChI is InChI=1S/C22H27FN6O/c1-22(2,16-6-5-7-17(23)12-16)14-26-21(24-3)25-13-19-27-20(29-28-19)15-8-10-18(30-4)11-9-15/h5-12H,13-14H2,1-4H3,(H2,24,25,26)(H,27,28,29). The minimum Gasteiger partial charge on any atom is -0.497 e. The van der Waals surface area contributed by atoms with Crippen LogP contribution >= 0.6 is 0 Å². The lowest BCUT2D eigenvalue weighted by molar-refractivity contribution is 0.415. The minimum absolute atomic E-state index is 0.235. The van der Waals surface area contributed by atoms with Gasteiger partial charge >= 0.3 is 0 Å². The van der Waals surface area contributed by atoms with Crippen LogP contribution in [0.5, 0.6) is 5.75 Å². The van der Waals surface area contributed by atoms with Crippen molar-refractivity contribution in [3.05, 3.63) is 65.7 Å². The van der Waals surface area contributed by atoms with E-state index in [1.807, 2.05) is 30.3 Å². The predicted octanol–water partition coefficient (Wildman–Crippen LogP) is 3.26. The highest BCUT2D eigenvalue weighted by Gasteiger charge is 2.21. The molecule has 0 bridgehead atoms. The first kappa shape index (κ1) is 21.3. The summed E-state index contributed by atoms with van der Waals surface area (Å²) >= 11 is 0. The van der Waals surface area contributed by atoms with Gasteiger partial charge in [-0.05, 0) is 42.0 Å². The molecule has 0 spiro atoms. The van der Waals surface area contributed by atoms with Crippen LogP contribution in [0.2, 0.25) is 0 Å². The van der Waals surface area contributed by atoms with Crippen LogP contribution in [0.4, 0.5) is 4.39 Å². The molecule has 0 atom stereocenters. The first-order chi connectivity index (χ1) is 14.4. The Hall–Kier alpha value is -3.42. The summed E-state index contributed by atoms with van der Waals surface area (Å²) in [4.78, 5) is 8.76. The van der Waals surface area contributed by atoms with E-state index in [1.165, 1.54) is 6.07 Å². The number of nitrogens with one attached hydrogen (secondary N) is 3. The number of guanidine groups is 1. The molecule has 0 aliphatic heterocycles. The molecule has 7 nitrogen and oxygen atoms in total. The molecule has 30 heavy (non-hydrogen) atoms. The summed E-state index contributed by atoms with van der Waals surface area (Å²) in [6.07, 6.45) is 0. The normalized spacial score (nSPS) is 12.0. The van der Waals surface area contributed by atoms with Crippen molar-refractivity contribution in [3.8, 4) is 17.1 Å². The fourth-order valence-corrected chi connectivity index (χ4v) is 2.95. The van der Waals surface area contributed by atoms with E-state index in [0.29, 0.717) is 30.7 Å². The van der Waals surface area contributed by atoms with Crippen molar-refractivity contribution < 1.29 is 9.13 Å². The number of aromatic amines is 1. The van der Waals surface area contributed by atoms with E-state index >= 15 is 0 Å². The molecular weight excluding hydrogens is 383 g/mol. The fourth-order valence-electron chi connectivity index (χ4n) is 2.95. The van der Waals surface area contributed by atoms with Crippen LogP contribution in [0.25, 0.3) is 11.4 Å². The summed E-state index contributed by atoms with van der Waals surface area (Å²) in [6, 6.07) is 14.2. The summed E-state index contributed by atoms with van der Waals surface area (Å²) in [5.41, 5.74) is 1.55. The Balaban J connectivity index is 1.56. The Morgan fingerprint density at radius 3 is 2.60 bits per heavy atom. The molecule has 3 N–H and O–H groups in total. The SMILES string of the molecule is CN=C(NCc1nc(-c2ccc(OC)cc2)n[nH]1)NCC(C)(C)c1cccc(F)c1. The van der Waals surface area contributed by atoms with Gasteiger partial charge in [0.1, 0.15) is 17.4 Å². The highest BCUT2D eigenvalue weighted by atomic mass is 19.1. The van der Waals surface area contributed by atoms with Crippen LogP contribution in [0.15, 0.2) is 53.5 Å². The van der Waals surface area contributed by atoms with E-state index in [1.54, 1.807) is 26.3 Å². The third-order valence-corrected chi connectivity index (χ3v) is 4.83. The van der Waals surface area contributed by atoms with Crippen LogP contribution < -0.4 is 15.4 Å². The van der Waals surface area contributed by atoms with Gasteiger partial charge in [-0.3, -0.25) is 10.1 Å². The maximum absolute atomic E-state index is 13.6. The summed E-state index contributed by atoms with van der Waals surface area (Å²) in [5, 5.41) is 13.7. The molecule has 158 valence electrons. The number of hydrogen-bond donors (Lipinski definition) is 3. The van der Waals surface area contributed by atoms with Crippen molar-refractivity contribution in [1.82, 2.24) is 25.8 Å². The van der Waals surface area contributed by atoms with Crippen molar-refractivity contribution in [3.63, 3.8) is 0 Å². The van der Waals surface area contributed by atoms with E-state index < -0.39 is 0 Å². The second-order valence-corrected chi connectivity index (χ2v) is 7.51. The Labute approximate surface area is 175 Å². The van der Waals surface area contributed by atoms with Crippen LogP contribution in [-0.2, 0) is 12.0 Å². The van der Waals surface area contributed by atoms with Gasteiger partial charge in [-0.2, -0.15) is 5.10 Å². The van der Waals surface area contributed by atoms with Gasteiger partial charge in [0, 0.05) is 24.6 Å². The van der Waals surface area contributed by atoms with E-state index in [4.69, 9.17) is 4.74 Å². The molecular formula is C22H27FN6O. The number of rotatable bonds is 7. The minimum atomic E-state index is -0.270. The Morgan fingerprint density at radius 1 is 1.17 bits per heavy atom. The largest absolute Gasteiger partial charge is 0.497 e. The highest BCUT2D eigenvalue weighted by molar-refractivity contribution is 5.79. The van der Waals surface area contributed by atoms with Gasteiger partial charge in [0.2, 0.25) is 0 Å². The Morgan fingerprint density at radius 2 is 1.93 bits per heavy atom. The third kappa shape index (κ3) is 5.34. The number of aromatic nitrogens is 3. The number of methoxy groups -OCH3 is 1. The number of halogens is 1. The molecule has 0 saturated carbocycles. The van der Waals surface area contributed by atoms with Gasteiger partial charge in [-0.25, -0.2) is 9.37 Å².